The Kier molecular flexibility index (Phi) is 6.55. The smallest absolute Gasteiger partial charge is 0.338 e. The average Bonchev–Trinajstić information content (AvgIpc) is 3.44. The summed E-state index contributed by atoms with van der Waals surface area (Å²) in [6, 6.07) is 11.7. The summed E-state index contributed by atoms with van der Waals surface area (Å²) in [4.78, 5) is 41.7. The summed E-state index contributed by atoms with van der Waals surface area (Å²) in [5.74, 6) is 0.409. The molecule has 0 aliphatic carbocycles. The minimum atomic E-state index is -0.519. The number of urea groups is 1. The van der Waals surface area contributed by atoms with Crippen LogP contribution in [0.3, 0.4) is 0 Å². The van der Waals surface area contributed by atoms with Crippen LogP contribution in [0, 0.1) is 0 Å². The molecule has 1 N–H and O–H groups in total. The zero-order valence-corrected chi connectivity index (χ0v) is 18.8. The molecule has 3 amide bonds. The molecule has 0 atom stereocenters. The minimum absolute atomic E-state index is 0.0138. The molecule has 10 heteroatoms. The number of esters is 1. The molecule has 0 saturated carbocycles. The monoisotopic (exact) mass is 467 g/mol. The van der Waals surface area contributed by atoms with Gasteiger partial charge in [-0.15, -0.1) is 11.3 Å². The highest BCUT2D eigenvalue weighted by Crippen LogP contribution is 2.33. The Morgan fingerprint density at radius 3 is 2.67 bits per heavy atom. The summed E-state index contributed by atoms with van der Waals surface area (Å²) in [5, 5.41) is 5.06. The quantitative estimate of drug-likeness (QED) is 0.400. The fraction of sp³-hybridized carbons (Fsp3) is 0.217. The number of nitrogens with one attached hydrogen (secondary N) is 1. The average molecular weight is 468 g/mol. The highest BCUT2D eigenvalue weighted by Gasteiger charge is 2.28. The molecule has 1 aliphatic heterocycles. The summed E-state index contributed by atoms with van der Waals surface area (Å²) < 4.78 is 16.0. The maximum Gasteiger partial charge on any atom is 0.338 e. The van der Waals surface area contributed by atoms with Gasteiger partial charge in [0.1, 0.15) is 11.6 Å². The molecule has 1 fully saturated rings. The van der Waals surface area contributed by atoms with E-state index in [9.17, 15) is 14.4 Å². The van der Waals surface area contributed by atoms with Crippen LogP contribution in [0.2, 0.25) is 0 Å². The molecule has 3 aromatic rings. The van der Waals surface area contributed by atoms with Gasteiger partial charge in [-0.25, -0.2) is 14.6 Å². The fourth-order valence-electron chi connectivity index (χ4n) is 3.29. The van der Waals surface area contributed by atoms with Crippen LogP contribution < -0.4 is 14.8 Å². The van der Waals surface area contributed by atoms with Gasteiger partial charge in [-0.2, -0.15) is 0 Å². The number of imide groups is 1. The number of thiazole rings is 1. The van der Waals surface area contributed by atoms with Gasteiger partial charge >= 0.3 is 12.0 Å². The van der Waals surface area contributed by atoms with Crippen LogP contribution in [0.15, 0.2) is 47.8 Å². The van der Waals surface area contributed by atoms with E-state index < -0.39 is 12.0 Å². The van der Waals surface area contributed by atoms with E-state index in [0.29, 0.717) is 28.3 Å². The number of hydrogen-bond acceptors (Lipinski definition) is 8. The second-order valence-corrected chi connectivity index (χ2v) is 7.99. The molecule has 0 radical (unpaired) electrons. The summed E-state index contributed by atoms with van der Waals surface area (Å²) in [6.07, 6.45) is 0. The number of rotatable bonds is 8. The molecule has 0 unspecified atom stereocenters. The first-order valence-electron chi connectivity index (χ1n) is 9.99. The van der Waals surface area contributed by atoms with Crippen molar-refractivity contribution in [3.05, 3.63) is 64.7 Å². The van der Waals surface area contributed by atoms with Crippen LogP contribution in [0.4, 0.5) is 4.79 Å². The summed E-state index contributed by atoms with van der Waals surface area (Å²) in [6.45, 7) is 0.0892. The van der Waals surface area contributed by atoms with Crippen molar-refractivity contribution in [1.82, 2.24) is 15.2 Å². The molecule has 2 heterocycles. The van der Waals surface area contributed by atoms with E-state index in [1.165, 1.54) is 11.3 Å². The van der Waals surface area contributed by atoms with E-state index in [4.69, 9.17) is 14.2 Å². The normalized spacial score (nSPS) is 13.1. The van der Waals surface area contributed by atoms with E-state index in [1.807, 2.05) is 23.6 Å². The zero-order valence-electron chi connectivity index (χ0n) is 18.0. The topological polar surface area (TPSA) is 107 Å². The fourth-order valence-corrected chi connectivity index (χ4v) is 4.09. The Morgan fingerprint density at radius 2 is 1.94 bits per heavy atom. The molecule has 4 rings (SSSR count). The Balaban J connectivity index is 1.39. The Hall–Kier alpha value is -3.92. The van der Waals surface area contributed by atoms with Gasteiger partial charge in [0, 0.05) is 10.9 Å². The molecule has 9 nitrogen and oxygen atoms in total. The van der Waals surface area contributed by atoms with Gasteiger partial charge in [-0.3, -0.25) is 9.69 Å². The van der Waals surface area contributed by atoms with Crippen LogP contribution in [0.25, 0.3) is 10.6 Å². The Bertz CT molecular complexity index is 1190. The van der Waals surface area contributed by atoms with Crippen molar-refractivity contribution in [3.63, 3.8) is 0 Å². The lowest BCUT2D eigenvalue weighted by Gasteiger charge is -2.13. The standard InChI is InChI=1S/C23H21N3O6S/c1-30-18-7-6-15(9-19(18)31-2)21-25-17(13-33-21)12-32-22(28)16-5-3-4-14(8-16)11-26-20(27)10-24-23(26)29/h3-9,13H,10-12H2,1-2H3,(H,24,29). The second kappa shape index (κ2) is 9.70. The largest absolute Gasteiger partial charge is 0.493 e. The van der Waals surface area contributed by atoms with Gasteiger partial charge in [-0.05, 0) is 35.9 Å². The minimum Gasteiger partial charge on any atom is -0.493 e. The number of hydrogen-bond donors (Lipinski definition) is 1. The maximum absolute atomic E-state index is 12.5. The highest BCUT2D eigenvalue weighted by molar-refractivity contribution is 7.13. The Labute approximate surface area is 193 Å². The lowest BCUT2D eigenvalue weighted by Crippen LogP contribution is -2.30. The molecule has 170 valence electrons. The van der Waals surface area contributed by atoms with E-state index in [1.54, 1.807) is 38.5 Å². The molecule has 0 spiro atoms. The number of carbonyl (C=O) groups is 3. The number of amides is 3. The first-order valence-corrected chi connectivity index (χ1v) is 10.9. The number of nitrogens with zero attached hydrogens (tertiary/aromatic N) is 2. The van der Waals surface area contributed by atoms with Gasteiger partial charge in [0.15, 0.2) is 11.5 Å². The van der Waals surface area contributed by atoms with Gasteiger partial charge < -0.3 is 19.5 Å². The first-order chi connectivity index (χ1) is 16.0. The summed E-state index contributed by atoms with van der Waals surface area (Å²) in [5.41, 5.74) is 2.46. The van der Waals surface area contributed by atoms with Crippen molar-refractivity contribution in [3.8, 4) is 22.1 Å². The lowest BCUT2D eigenvalue weighted by molar-refractivity contribution is -0.125. The number of aromatic nitrogens is 1. The molecular formula is C23H21N3O6S. The number of methoxy groups -OCH3 is 2. The van der Waals surface area contributed by atoms with Crippen molar-refractivity contribution >= 4 is 29.2 Å². The van der Waals surface area contributed by atoms with Gasteiger partial charge in [0.25, 0.3) is 0 Å². The van der Waals surface area contributed by atoms with Crippen LogP contribution in [-0.4, -0.2) is 48.6 Å². The molecule has 2 aromatic carbocycles. The van der Waals surface area contributed by atoms with Crippen molar-refractivity contribution in [1.29, 1.82) is 0 Å². The van der Waals surface area contributed by atoms with Crippen molar-refractivity contribution in [2.75, 3.05) is 20.8 Å². The van der Waals surface area contributed by atoms with Crippen molar-refractivity contribution in [2.45, 2.75) is 13.2 Å². The third kappa shape index (κ3) is 4.96. The first kappa shape index (κ1) is 22.3. The van der Waals surface area contributed by atoms with Crippen LogP contribution in [0.1, 0.15) is 21.6 Å². The van der Waals surface area contributed by atoms with Crippen LogP contribution >= 0.6 is 11.3 Å². The predicted molar refractivity (Wildman–Crippen MR) is 120 cm³/mol. The second-order valence-electron chi connectivity index (χ2n) is 7.13. The number of ether oxygens (including phenoxy) is 3. The van der Waals surface area contributed by atoms with Crippen molar-refractivity contribution < 1.29 is 28.6 Å². The third-order valence-electron chi connectivity index (χ3n) is 4.97. The molecule has 0 bridgehead atoms. The van der Waals surface area contributed by atoms with E-state index in [0.717, 1.165) is 15.5 Å². The van der Waals surface area contributed by atoms with Gasteiger partial charge in [-0.1, -0.05) is 12.1 Å². The van der Waals surface area contributed by atoms with Crippen LogP contribution in [-0.2, 0) is 22.7 Å². The Morgan fingerprint density at radius 1 is 1.12 bits per heavy atom. The molecule has 33 heavy (non-hydrogen) atoms. The van der Waals surface area contributed by atoms with Crippen molar-refractivity contribution in [2.24, 2.45) is 0 Å². The SMILES string of the molecule is COc1ccc(-c2nc(COC(=O)c3cccc(CN4C(=O)CNC4=O)c3)cs2)cc1OC. The summed E-state index contributed by atoms with van der Waals surface area (Å²) in [7, 11) is 3.15. The van der Waals surface area contributed by atoms with E-state index in [-0.39, 0.29) is 25.6 Å². The summed E-state index contributed by atoms with van der Waals surface area (Å²) >= 11 is 1.43. The predicted octanol–water partition coefficient (Wildman–Crippen LogP) is 3.24. The number of benzene rings is 2. The molecule has 1 saturated heterocycles. The molecular weight excluding hydrogens is 446 g/mol. The molecule has 1 aromatic heterocycles. The van der Waals surface area contributed by atoms with E-state index in [2.05, 4.69) is 10.3 Å². The highest BCUT2D eigenvalue weighted by atomic mass is 32.1. The number of carbonyl (C=O) groups excluding carboxylic acids is 3. The van der Waals surface area contributed by atoms with Crippen LogP contribution in [0.5, 0.6) is 11.5 Å². The zero-order chi connectivity index (χ0) is 23.4. The third-order valence-corrected chi connectivity index (χ3v) is 5.91. The van der Waals surface area contributed by atoms with E-state index >= 15 is 0 Å². The van der Waals surface area contributed by atoms with Gasteiger partial charge in [0.2, 0.25) is 5.91 Å². The lowest BCUT2D eigenvalue weighted by atomic mass is 10.1. The van der Waals surface area contributed by atoms with Gasteiger partial charge in [0.05, 0.1) is 38.6 Å². The molecule has 1 aliphatic rings. The maximum atomic E-state index is 12.5.